The number of Topliss-reactive ketones (excluding diaryl/α,β-unsaturated/α-hetero) is 1. The Morgan fingerprint density at radius 3 is 2.00 bits per heavy atom. The first-order valence-corrected chi connectivity index (χ1v) is 3.32. The number of carbonyl (C=O) groups is 1. The summed E-state index contributed by atoms with van der Waals surface area (Å²) in [6, 6.07) is 0. The highest BCUT2D eigenvalue weighted by molar-refractivity contribution is 5.92. The normalized spacial score (nSPS) is 13.0. The highest BCUT2D eigenvalue weighted by atomic mass is 16.5. The van der Waals surface area contributed by atoms with E-state index in [0.29, 0.717) is 4.48 Å². The topological polar surface area (TPSA) is 49.3 Å². The molecule has 0 amide bonds. The molecule has 0 heterocycles. The van der Waals surface area contributed by atoms with Crippen molar-refractivity contribution in [2.45, 2.75) is 6.92 Å². The van der Waals surface area contributed by atoms with Crippen LogP contribution in [0.4, 0.5) is 0 Å². The van der Waals surface area contributed by atoms with Gasteiger partial charge in [-0.15, -0.1) is 0 Å². The summed E-state index contributed by atoms with van der Waals surface area (Å²) in [5, 5.41) is 8.51. The molecule has 0 aromatic heterocycles. The second-order valence-corrected chi connectivity index (χ2v) is 3.33. The van der Waals surface area contributed by atoms with E-state index >= 15 is 0 Å². The highest BCUT2D eigenvalue weighted by Gasteiger charge is 2.09. The molecule has 0 aliphatic heterocycles. The van der Waals surface area contributed by atoms with Crippen LogP contribution in [0, 0.1) is 0 Å². The predicted molar refractivity (Wildman–Crippen MR) is 41.7 cm³/mol. The molecule has 0 rings (SSSR count). The lowest BCUT2D eigenvalue weighted by Gasteiger charge is -2.18. The lowest BCUT2D eigenvalue weighted by atomic mass is 10.3. The molecule has 0 saturated carbocycles. The van der Waals surface area contributed by atoms with Crippen LogP contribution in [0.25, 0.3) is 0 Å². The van der Waals surface area contributed by atoms with Crippen LogP contribution in [0.5, 0.6) is 0 Å². The van der Waals surface area contributed by atoms with E-state index in [-0.39, 0.29) is 11.5 Å². The Bertz CT molecular complexity index is 179. The van der Waals surface area contributed by atoms with Crippen molar-refractivity contribution < 1.29 is 14.5 Å². The van der Waals surface area contributed by atoms with E-state index in [2.05, 4.69) is 0 Å². The molecular formula is C7H15N2O2+. The van der Waals surface area contributed by atoms with Gasteiger partial charge in [0.2, 0.25) is 0 Å². The fraction of sp³-hybridized carbons (Fsp3) is 0.571. The molecule has 64 valence electrons. The number of ketones is 1. The number of hydrogen-bond acceptors (Lipinski definition) is 3. The van der Waals surface area contributed by atoms with E-state index in [9.17, 15) is 4.79 Å². The second-order valence-electron chi connectivity index (χ2n) is 3.33. The average molecular weight is 159 g/mol. The molecule has 0 spiro atoms. The summed E-state index contributed by atoms with van der Waals surface area (Å²) in [7, 11) is 5.67. The van der Waals surface area contributed by atoms with Crippen LogP contribution in [0.3, 0.4) is 0 Å². The Labute approximate surface area is 66.7 Å². The quantitative estimate of drug-likeness (QED) is 0.349. The van der Waals surface area contributed by atoms with Crippen LogP contribution in [-0.4, -0.2) is 36.6 Å². The molecule has 0 aromatic rings. The summed E-state index contributed by atoms with van der Waals surface area (Å²) in [5.41, 5.74) is 2.07. The van der Waals surface area contributed by atoms with Crippen molar-refractivity contribution >= 4 is 5.78 Å². The van der Waals surface area contributed by atoms with Crippen LogP contribution in [0.2, 0.25) is 0 Å². The number of hydrogen-bond donors (Lipinski definition) is 2. The highest BCUT2D eigenvalue weighted by Crippen LogP contribution is 1.97. The summed E-state index contributed by atoms with van der Waals surface area (Å²) >= 11 is 0. The van der Waals surface area contributed by atoms with Gasteiger partial charge in [0.25, 0.3) is 0 Å². The maximum absolute atomic E-state index is 10.8. The molecule has 0 aromatic carbocycles. The van der Waals surface area contributed by atoms with Gasteiger partial charge in [-0.3, -0.25) is 15.5 Å². The third-order valence-electron chi connectivity index (χ3n) is 1.02. The molecule has 0 saturated heterocycles. The Morgan fingerprint density at radius 2 is 1.91 bits per heavy atom. The number of quaternary nitrogens is 1. The largest absolute Gasteiger partial charge is 0.303 e. The number of nitrogens with one attached hydrogen (secondary N) is 1. The fourth-order valence-electron chi connectivity index (χ4n) is 0.586. The van der Waals surface area contributed by atoms with Crippen molar-refractivity contribution in [1.29, 1.82) is 0 Å². The van der Waals surface area contributed by atoms with Crippen molar-refractivity contribution in [3.8, 4) is 0 Å². The molecule has 4 nitrogen and oxygen atoms in total. The van der Waals surface area contributed by atoms with E-state index in [0.717, 1.165) is 0 Å². The van der Waals surface area contributed by atoms with Crippen LogP contribution in [0.15, 0.2) is 11.9 Å². The van der Waals surface area contributed by atoms with Gasteiger partial charge < -0.3 is 4.48 Å². The Morgan fingerprint density at radius 1 is 1.45 bits per heavy atom. The average Bonchev–Trinajstić information content (AvgIpc) is 1.80. The monoisotopic (exact) mass is 159 g/mol. The van der Waals surface area contributed by atoms with Crippen molar-refractivity contribution in [2.24, 2.45) is 0 Å². The molecular weight excluding hydrogens is 144 g/mol. The molecule has 0 atom stereocenters. The predicted octanol–water partition coefficient (Wildman–Crippen LogP) is 0.102. The summed E-state index contributed by atoms with van der Waals surface area (Å²) in [4.78, 5) is 10.8. The third kappa shape index (κ3) is 4.52. The SMILES string of the molecule is CC(=O)C(=C[N+](C)(C)C)NO. The van der Waals surface area contributed by atoms with E-state index in [1.165, 1.54) is 6.92 Å². The molecule has 11 heavy (non-hydrogen) atoms. The third-order valence-corrected chi connectivity index (χ3v) is 1.02. The van der Waals surface area contributed by atoms with E-state index in [1.807, 2.05) is 26.6 Å². The van der Waals surface area contributed by atoms with Gasteiger partial charge in [0.05, 0.1) is 21.1 Å². The van der Waals surface area contributed by atoms with Gasteiger partial charge in [-0.25, -0.2) is 0 Å². The molecule has 4 heteroatoms. The van der Waals surface area contributed by atoms with Gasteiger partial charge >= 0.3 is 0 Å². The first-order valence-electron chi connectivity index (χ1n) is 3.32. The van der Waals surface area contributed by atoms with Gasteiger partial charge in [-0.1, -0.05) is 0 Å². The molecule has 2 N–H and O–H groups in total. The maximum Gasteiger partial charge on any atom is 0.183 e. The Kier molecular flexibility index (Phi) is 3.22. The molecule has 0 radical (unpaired) electrons. The summed E-state index contributed by atoms with van der Waals surface area (Å²) in [6.07, 6.45) is 1.63. The first kappa shape index (κ1) is 10.1. The van der Waals surface area contributed by atoms with Crippen LogP contribution in [0.1, 0.15) is 6.92 Å². The van der Waals surface area contributed by atoms with Crippen LogP contribution in [-0.2, 0) is 4.79 Å². The first-order chi connectivity index (χ1) is 4.87. The number of allylic oxidation sites excluding steroid dienone is 1. The van der Waals surface area contributed by atoms with E-state index < -0.39 is 0 Å². The summed E-state index contributed by atoms with van der Waals surface area (Å²) in [5.74, 6) is -0.180. The van der Waals surface area contributed by atoms with Crippen molar-refractivity contribution in [2.75, 3.05) is 21.1 Å². The zero-order chi connectivity index (χ0) is 9.07. The van der Waals surface area contributed by atoms with Gasteiger partial charge in [0.15, 0.2) is 11.5 Å². The number of carbonyl (C=O) groups excluding carboxylic acids is 1. The molecule has 0 bridgehead atoms. The van der Waals surface area contributed by atoms with Crippen molar-refractivity contribution in [1.82, 2.24) is 5.48 Å². The maximum atomic E-state index is 10.8. The van der Waals surface area contributed by atoms with E-state index in [1.54, 1.807) is 6.20 Å². The number of rotatable bonds is 3. The zero-order valence-electron chi connectivity index (χ0n) is 7.38. The Balaban J connectivity index is 4.49. The van der Waals surface area contributed by atoms with Gasteiger partial charge in [0, 0.05) is 6.92 Å². The van der Waals surface area contributed by atoms with Crippen molar-refractivity contribution in [3.63, 3.8) is 0 Å². The Hall–Kier alpha value is -0.870. The summed E-state index contributed by atoms with van der Waals surface area (Å²) < 4.78 is 0.489. The van der Waals surface area contributed by atoms with Crippen LogP contribution >= 0.6 is 0 Å². The molecule has 0 aliphatic rings. The van der Waals surface area contributed by atoms with Crippen LogP contribution < -0.4 is 5.48 Å². The molecule has 0 aliphatic carbocycles. The smallest absolute Gasteiger partial charge is 0.183 e. The van der Waals surface area contributed by atoms with Gasteiger partial charge in [-0.05, 0) is 0 Å². The second kappa shape index (κ2) is 3.50. The van der Waals surface area contributed by atoms with Crippen molar-refractivity contribution in [3.05, 3.63) is 11.9 Å². The molecule has 0 fully saturated rings. The number of hydroxylamine groups is 1. The van der Waals surface area contributed by atoms with Gasteiger partial charge in [-0.2, -0.15) is 0 Å². The van der Waals surface area contributed by atoms with Gasteiger partial charge in [0.1, 0.15) is 6.20 Å². The zero-order valence-corrected chi connectivity index (χ0v) is 7.38. The number of nitrogens with zero attached hydrogens (tertiary/aromatic N) is 1. The minimum atomic E-state index is -0.180. The van der Waals surface area contributed by atoms with E-state index in [4.69, 9.17) is 5.21 Å². The lowest BCUT2D eigenvalue weighted by molar-refractivity contribution is -0.817. The molecule has 0 unspecified atom stereocenters. The minimum absolute atomic E-state index is 0.180. The standard InChI is InChI=1S/C7H15N2O2/c1-6(10)7(8-11)5-9(2,3)4/h5,8,11H,1-4H3/q+1. The summed E-state index contributed by atoms with van der Waals surface area (Å²) in [6.45, 7) is 1.39. The lowest BCUT2D eigenvalue weighted by Crippen LogP contribution is -2.30. The minimum Gasteiger partial charge on any atom is -0.303 e. The fourth-order valence-corrected chi connectivity index (χ4v) is 0.586.